The highest BCUT2D eigenvalue weighted by Crippen LogP contribution is 2.32. The molecular formula is C14H13ClN2OS2. The highest BCUT2D eigenvalue weighted by molar-refractivity contribution is 7.18. The maximum Gasteiger partial charge on any atom is 0.157 e. The van der Waals surface area contributed by atoms with Crippen LogP contribution in [0.3, 0.4) is 0 Å². The summed E-state index contributed by atoms with van der Waals surface area (Å²) in [4.78, 5) is 12.2. The van der Waals surface area contributed by atoms with Crippen LogP contribution in [0.1, 0.15) is 21.1 Å². The number of fused-ring (bicyclic) bond motifs is 1. The Morgan fingerprint density at radius 1 is 1.25 bits per heavy atom. The summed E-state index contributed by atoms with van der Waals surface area (Å²) in [6, 6.07) is 4.06. The first-order valence-corrected chi connectivity index (χ1v) is 8.25. The van der Waals surface area contributed by atoms with Crippen LogP contribution in [0.5, 0.6) is 0 Å². The predicted octanol–water partition coefficient (Wildman–Crippen LogP) is 4.74. The normalized spacial score (nSPS) is 11.3. The van der Waals surface area contributed by atoms with Crippen LogP contribution in [0.15, 0.2) is 17.5 Å². The second-order valence-corrected chi connectivity index (χ2v) is 7.06. The fourth-order valence-electron chi connectivity index (χ4n) is 1.94. The third-order valence-electron chi connectivity index (χ3n) is 3.09. The molecule has 0 saturated heterocycles. The first-order chi connectivity index (χ1) is 9.65. The molecule has 0 unspecified atom stereocenters. The van der Waals surface area contributed by atoms with Crippen molar-refractivity contribution in [2.24, 2.45) is 0 Å². The topological polar surface area (TPSA) is 35.0 Å². The van der Waals surface area contributed by atoms with Gasteiger partial charge in [-0.05, 0) is 30.9 Å². The summed E-state index contributed by atoms with van der Waals surface area (Å²) in [5, 5.41) is 3.53. The third kappa shape index (κ3) is 2.72. The van der Waals surface area contributed by atoms with Crippen LogP contribution in [0.25, 0.3) is 10.2 Å². The molecule has 0 atom stereocenters. The number of ether oxygens (including phenoxy) is 1. The van der Waals surface area contributed by atoms with Gasteiger partial charge in [-0.25, -0.2) is 9.97 Å². The molecule has 0 spiro atoms. The quantitative estimate of drug-likeness (QED) is 0.650. The summed E-state index contributed by atoms with van der Waals surface area (Å²) in [5.74, 6) is 0.639. The molecule has 3 aromatic rings. The van der Waals surface area contributed by atoms with Crippen LogP contribution in [-0.2, 0) is 18.0 Å². The average Bonchev–Trinajstić information content (AvgIpc) is 2.99. The van der Waals surface area contributed by atoms with E-state index in [1.165, 1.54) is 15.3 Å². The van der Waals surface area contributed by atoms with Crippen molar-refractivity contribution < 1.29 is 4.74 Å². The first kappa shape index (κ1) is 13.9. The zero-order valence-corrected chi connectivity index (χ0v) is 13.5. The van der Waals surface area contributed by atoms with Crippen molar-refractivity contribution in [2.45, 2.75) is 27.1 Å². The Morgan fingerprint density at radius 2 is 2.10 bits per heavy atom. The van der Waals surface area contributed by atoms with E-state index >= 15 is 0 Å². The molecule has 0 amide bonds. The van der Waals surface area contributed by atoms with Crippen molar-refractivity contribution in [2.75, 3.05) is 0 Å². The molecule has 3 rings (SSSR count). The lowest BCUT2D eigenvalue weighted by atomic mass is 10.2. The number of hydrogen-bond acceptors (Lipinski definition) is 5. The Hall–Kier alpha value is -1.01. The van der Waals surface area contributed by atoms with Gasteiger partial charge in [0, 0.05) is 9.75 Å². The maximum absolute atomic E-state index is 6.26. The van der Waals surface area contributed by atoms with Gasteiger partial charge in [0.1, 0.15) is 16.6 Å². The van der Waals surface area contributed by atoms with Gasteiger partial charge < -0.3 is 4.74 Å². The molecule has 0 bridgehead atoms. The number of nitrogens with zero attached hydrogens (tertiary/aromatic N) is 2. The van der Waals surface area contributed by atoms with Gasteiger partial charge >= 0.3 is 0 Å². The van der Waals surface area contributed by atoms with Crippen LogP contribution < -0.4 is 0 Å². The zero-order chi connectivity index (χ0) is 14.1. The molecule has 0 aromatic carbocycles. The van der Waals surface area contributed by atoms with E-state index < -0.39 is 0 Å². The van der Waals surface area contributed by atoms with E-state index in [1.54, 1.807) is 22.7 Å². The zero-order valence-electron chi connectivity index (χ0n) is 11.1. The van der Waals surface area contributed by atoms with E-state index in [0.29, 0.717) is 24.2 Å². The van der Waals surface area contributed by atoms with E-state index in [-0.39, 0.29) is 0 Å². The number of thiophene rings is 2. The molecule has 0 aliphatic heterocycles. The molecule has 0 aliphatic carbocycles. The molecular weight excluding hydrogens is 312 g/mol. The minimum Gasteiger partial charge on any atom is -0.368 e. The molecule has 3 aromatic heterocycles. The fraction of sp³-hybridized carbons (Fsp3) is 0.286. The highest BCUT2D eigenvalue weighted by atomic mass is 35.5. The lowest BCUT2D eigenvalue weighted by Gasteiger charge is -2.03. The van der Waals surface area contributed by atoms with Crippen LogP contribution in [0.4, 0.5) is 0 Å². The van der Waals surface area contributed by atoms with Gasteiger partial charge in [-0.3, -0.25) is 0 Å². The fourth-order valence-corrected chi connectivity index (χ4v) is 4.02. The highest BCUT2D eigenvalue weighted by Gasteiger charge is 2.13. The summed E-state index contributed by atoms with van der Waals surface area (Å²) in [5.41, 5.74) is 1.17. The van der Waals surface area contributed by atoms with E-state index in [2.05, 4.69) is 23.8 Å². The first-order valence-electron chi connectivity index (χ1n) is 6.17. The monoisotopic (exact) mass is 324 g/mol. The molecule has 0 N–H and O–H groups in total. The lowest BCUT2D eigenvalue weighted by molar-refractivity contribution is 0.104. The van der Waals surface area contributed by atoms with Gasteiger partial charge in [0.2, 0.25) is 0 Å². The van der Waals surface area contributed by atoms with Crippen LogP contribution in [-0.4, -0.2) is 9.97 Å². The van der Waals surface area contributed by atoms with Crippen molar-refractivity contribution in [3.63, 3.8) is 0 Å². The van der Waals surface area contributed by atoms with E-state index in [1.807, 2.05) is 17.5 Å². The van der Waals surface area contributed by atoms with Gasteiger partial charge in [0.25, 0.3) is 0 Å². The molecule has 0 aliphatic rings. The number of halogens is 1. The Bertz CT molecular complexity index is 737. The molecule has 0 radical (unpaired) electrons. The Morgan fingerprint density at radius 3 is 2.85 bits per heavy atom. The van der Waals surface area contributed by atoms with Gasteiger partial charge in [-0.15, -0.1) is 22.7 Å². The van der Waals surface area contributed by atoms with Crippen molar-refractivity contribution in [3.05, 3.63) is 43.8 Å². The van der Waals surface area contributed by atoms with E-state index in [4.69, 9.17) is 16.3 Å². The minimum atomic E-state index is 0.379. The van der Waals surface area contributed by atoms with Crippen molar-refractivity contribution in [1.29, 1.82) is 0 Å². The minimum absolute atomic E-state index is 0.379. The molecule has 104 valence electrons. The largest absolute Gasteiger partial charge is 0.368 e. The SMILES string of the molecule is Cc1sc2nc(COCc3cccs3)nc(Cl)c2c1C. The summed E-state index contributed by atoms with van der Waals surface area (Å²) in [6.07, 6.45) is 0. The van der Waals surface area contributed by atoms with E-state index in [0.717, 1.165) is 10.2 Å². The van der Waals surface area contributed by atoms with Gasteiger partial charge in [0.15, 0.2) is 5.82 Å². The molecule has 3 heterocycles. The van der Waals surface area contributed by atoms with Crippen molar-refractivity contribution in [1.82, 2.24) is 9.97 Å². The summed E-state index contributed by atoms with van der Waals surface area (Å²) in [6.45, 7) is 5.09. The Balaban J connectivity index is 1.78. The standard InChI is InChI=1S/C14H13ClN2OS2/c1-8-9(2)20-14-12(8)13(15)16-11(17-14)7-18-6-10-4-3-5-19-10/h3-5H,6-7H2,1-2H3. The summed E-state index contributed by atoms with van der Waals surface area (Å²) in [7, 11) is 0. The average molecular weight is 325 g/mol. The third-order valence-corrected chi connectivity index (χ3v) is 5.31. The maximum atomic E-state index is 6.26. The van der Waals surface area contributed by atoms with Gasteiger partial charge in [0.05, 0.1) is 12.0 Å². The number of aromatic nitrogens is 2. The van der Waals surface area contributed by atoms with Crippen molar-refractivity contribution >= 4 is 44.5 Å². The Kier molecular flexibility index (Phi) is 4.03. The predicted molar refractivity (Wildman–Crippen MR) is 84.7 cm³/mol. The van der Waals surface area contributed by atoms with Gasteiger partial charge in [-0.2, -0.15) is 0 Å². The molecule has 3 nitrogen and oxygen atoms in total. The van der Waals surface area contributed by atoms with Crippen LogP contribution in [0, 0.1) is 13.8 Å². The molecule has 6 heteroatoms. The van der Waals surface area contributed by atoms with Crippen LogP contribution >= 0.6 is 34.3 Å². The molecule has 0 fully saturated rings. The second-order valence-electron chi connectivity index (χ2n) is 4.47. The number of hydrogen-bond donors (Lipinski definition) is 0. The smallest absolute Gasteiger partial charge is 0.157 e. The second kappa shape index (κ2) is 5.77. The number of aryl methyl sites for hydroxylation is 2. The summed E-state index contributed by atoms with van der Waals surface area (Å²) < 4.78 is 5.64. The van der Waals surface area contributed by atoms with Crippen LogP contribution in [0.2, 0.25) is 5.15 Å². The van der Waals surface area contributed by atoms with Crippen molar-refractivity contribution in [3.8, 4) is 0 Å². The number of rotatable bonds is 4. The Labute approximate surface area is 130 Å². The van der Waals surface area contributed by atoms with Gasteiger partial charge in [-0.1, -0.05) is 17.7 Å². The molecule has 0 saturated carbocycles. The summed E-state index contributed by atoms with van der Waals surface area (Å²) >= 11 is 9.59. The van der Waals surface area contributed by atoms with E-state index in [9.17, 15) is 0 Å². The lowest BCUT2D eigenvalue weighted by Crippen LogP contribution is -1.99. The molecule has 20 heavy (non-hydrogen) atoms.